The first-order chi connectivity index (χ1) is 10.1. The van der Waals surface area contributed by atoms with Crippen LogP contribution < -0.4 is 10.1 Å². The number of imide groups is 1. The fraction of sp³-hybridized carbons (Fsp3) is 0.529. The minimum atomic E-state index is -0.349. The van der Waals surface area contributed by atoms with Gasteiger partial charge < -0.3 is 4.74 Å². The van der Waals surface area contributed by atoms with Gasteiger partial charge in [-0.1, -0.05) is 32.4 Å². The maximum absolute atomic E-state index is 11.6. The SMILES string of the molecule is CC(C)CCCCOc1ccc(C2CC(=O)NC2=O)cc1. The van der Waals surface area contributed by atoms with Gasteiger partial charge in [-0.25, -0.2) is 0 Å². The van der Waals surface area contributed by atoms with E-state index in [-0.39, 0.29) is 24.2 Å². The Hall–Kier alpha value is -1.84. The quantitative estimate of drug-likeness (QED) is 0.620. The van der Waals surface area contributed by atoms with Crippen LogP contribution >= 0.6 is 0 Å². The van der Waals surface area contributed by atoms with E-state index in [4.69, 9.17) is 4.74 Å². The van der Waals surface area contributed by atoms with Gasteiger partial charge in [-0.15, -0.1) is 0 Å². The summed E-state index contributed by atoms with van der Waals surface area (Å²) >= 11 is 0. The summed E-state index contributed by atoms with van der Waals surface area (Å²) in [5.74, 6) is 0.799. The first-order valence-corrected chi connectivity index (χ1v) is 7.62. The van der Waals surface area contributed by atoms with Crippen molar-refractivity contribution < 1.29 is 14.3 Å². The van der Waals surface area contributed by atoms with E-state index in [0.29, 0.717) is 6.61 Å². The van der Waals surface area contributed by atoms with Gasteiger partial charge in [-0.2, -0.15) is 0 Å². The molecule has 1 fully saturated rings. The van der Waals surface area contributed by atoms with E-state index in [1.54, 1.807) is 0 Å². The number of hydrogen-bond donors (Lipinski definition) is 1. The van der Waals surface area contributed by atoms with Gasteiger partial charge in [0.05, 0.1) is 12.5 Å². The molecule has 2 amide bonds. The Bertz CT molecular complexity index is 493. The van der Waals surface area contributed by atoms with Crippen molar-refractivity contribution in [3.8, 4) is 5.75 Å². The summed E-state index contributed by atoms with van der Waals surface area (Å²) in [5, 5.41) is 2.33. The van der Waals surface area contributed by atoms with Gasteiger partial charge in [0.2, 0.25) is 11.8 Å². The molecule has 1 N–H and O–H groups in total. The Kier molecular flexibility index (Phi) is 5.37. The molecule has 0 radical (unpaired) electrons. The van der Waals surface area contributed by atoms with Crippen molar-refractivity contribution in [1.82, 2.24) is 5.32 Å². The van der Waals surface area contributed by atoms with Crippen LogP contribution in [0.1, 0.15) is 51.0 Å². The van der Waals surface area contributed by atoms with Crippen LogP contribution in [0.25, 0.3) is 0 Å². The molecule has 0 spiro atoms. The molecule has 0 aromatic heterocycles. The lowest BCUT2D eigenvalue weighted by Gasteiger charge is -2.10. The molecule has 4 nitrogen and oxygen atoms in total. The van der Waals surface area contributed by atoms with Gasteiger partial charge in [0.1, 0.15) is 5.75 Å². The number of carbonyl (C=O) groups excluding carboxylic acids is 2. The van der Waals surface area contributed by atoms with Gasteiger partial charge >= 0.3 is 0 Å². The van der Waals surface area contributed by atoms with Gasteiger partial charge in [0.25, 0.3) is 0 Å². The molecule has 0 saturated carbocycles. The maximum atomic E-state index is 11.6. The molecule has 2 rings (SSSR count). The van der Waals surface area contributed by atoms with Crippen molar-refractivity contribution in [3.05, 3.63) is 29.8 Å². The largest absolute Gasteiger partial charge is 0.494 e. The molecule has 21 heavy (non-hydrogen) atoms. The molecule has 1 aromatic carbocycles. The lowest BCUT2D eigenvalue weighted by Crippen LogP contribution is -2.21. The zero-order valence-corrected chi connectivity index (χ0v) is 12.7. The van der Waals surface area contributed by atoms with Gasteiger partial charge in [0.15, 0.2) is 0 Å². The molecule has 0 aliphatic carbocycles. The van der Waals surface area contributed by atoms with Crippen LogP contribution in [0.4, 0.5) is 0 Å². The van der Waals surface area contributed by atoms with Gasteiger partial charge in [0, 0.05) is 6.42 Å². The number of carbonyl (C=O) groups is 2. The van der Waals surface area contributed by atoms with E-state index in [1.165, 1.54) is 12.8 Å². The molecule has 1 saturated heterocycles. The number of unbranched alkanes of at least 4 members (excludes halogenated alkanes) is 1. The Morgan fingerprint density at radius 1 is 1.19 bits per heavy atom. The zero-order chi connectivity index (χ0) is 15.2. The highest BCUT2D eigenvalue weighted by Gasteiger charge is 2.31. The van der Waals surface area contributed by atoms with Crippen molar-refractivity contribution in [2.75, 3.05) is 6.61 Å². The molecule has 4 heteroatoms. The van der Waals surface area contributed by atoms with E-state index in [9.17, 15) is 9.59 Å². The normalized spacial score (nSPS) is 18.1. The Morgan fingerprint density at radius 2 is 1.90 bits per heavy atom. The summed E-state index contributed by atoms with van der Waals surface area (Å²) in [5.41, 5.74) is 0.866. The highest BCUT2D eigenvalue weighted by Crippen LogP contribution is 2.26. The van der Waals surface area contributed by atoms with E-state index in [1.807, 2.05) is 24.3 Å². The molecule has 1 aliphatic rings. The van der Waals surface area contributed by atoms with Gasteiger partial charge in [-0.05, 0) is 36.5 Å². The summed E-state index contributed by atoms with van der Waals surface area (Å²) in [4.78, 5) is 22.8. The van der Waals surface area contributed by atoms with Crippen LogP contribution in [0, 0.1) is 5.92 Å². The minimum Gasteiger partial charge on any atom is -0.494 e. The Morgan fingerprint density at radius 3 is 2.48 bits per heavy atom. The summed E-state index contributed by atoms with van der Waals surface area (Å²) < 4.78 is 5.69. The second kappa shape index (κ2) is 7.25. The molecule has 1 heterocycles. The van der Waals surface area contributed by atoms with Crippen molar-refractivity contribution in [3.63, 3.8) is 0 Å². The number of benzene rings is 1. The first-order valence-electron chi connectivity index (χ1n) is 7.62. The molecule has 1 atom stereocenters. The van der Waals surface area contributed by atoms with Crippen LogP contribution in [0.2, 0.25) is 0 Å². The van der Waals surface area contributed by atoms with Crippen molar-refractivity contribution in [2.24, 2.45) is 5.92 Å². The van der Waals surface area contributed by atoms with Crippen molar-refractivity contribution >= 4 is 11.8 Å². The number of rotatable bonds is 7. The summed E-state index contributed by atoms with van der Waals surface area (Å²) in [7, 11) is 0. The maximum Gasteiger partial charge on any atom is 0.234 e. The van der Waals surface area contributed by atoms with E-state index >= 15 is 0 Å². The van der Waals surface area contributed by atoms with Crippen LogP contribution in [-0.2, 0) is 9.59 Å². The summed E-state index contributed by atoms with van der Waals surface area (Å²) in [6, 6.07) is 7.47. The van der Waals surface area contributed by atoms with Crippen LogP contribution in [0.5, 0.6) is 5.75 Å². The second-order valence-corrected chi connectivity index (χ2v) is 5.98. The number of amides is 2. The molecule has 1 aromatic rings. The molecule has 1 aliphatic heterocycles. The fourth-order valence-corrected chi connectivity index (χ4v) is 2.46. The van der Waals surface area contributed by atoms with E-state index < -0.39 is 0 Å². The van der Waals surface area contributed by atoms with Gasteiger partial charge in [-0.3, -0.25) is 14.9 Å². The highest BCUT2D eigenvalue weighted by atomic mass is 16.5. The van der Waals surface area contributed by atoms with Crippen molar-refractivity contribution in [1.29, 1.82) is 0 Å². The predicted molar refractivity (Wildman–Crippen MR) is 81.1 cm³/mol. The third-order valence-corrected chi connectivity index (χ3v) is 3.70. The average molecular weight is 289 g/mol. The van der Waals surface area contributed by atoms with E-state index in [0.717, 1.165) is 23.7 Å². The topological polar surface area (TPSA) is 55.4 Å². The fourth-order valence-electron chi connectivity index (χ4n) is 2.46. The van der Waals surface area contributed by atoms with Crippen LogP contribution in [-0.4, -0.2) is 18.4 Å². The lowest BCUT2D eigenvalue weighted by atomic mass is 9.98. The first kappa shape index (κ1) is 15.5. The van der Waals surface area contributed by atoms with Crippen molar-refractivity contribution in [2.45, 2.75) is 45.4 Å². The highest BCUT2D eigenvalue weighted by molar-refractivity contribution is 6.06. The summed E-state index contributed by atoms with van der Waals surface area (Å²) in [6.07, 6.45) is 3.71. The predicted octanol–water partition coefficient (Wildman–Crippen LogP) is 3.02. The average Bonchev–Trinajstić information content (AvgIpc) is 2.78. The Labute approximate surface area is 125 Å². The molecule has 0 bridgehead atoms. The summed E-state index contributed by atoms with van der Waals surface area (Å²) in [6.45, 7) is 5.17. The van der Waals surface area contributed by atoms with Crippen LogP contribution in [0.3, 0.4) is 0 Å². The third kappa shape index (κ3) is 4.59. The molecular formula is C17H23NO3. The monoisotopic (exact) mass is 289 g/mol. The van der Waals surface area contributed by atoms with E-state index in [2.05, 4.69) is 19.2 Å². The minimum absolute atomic E-state index is 0.199. The van der Waals surface area contributed by atoms with Crippen LogP contribution in [0.15, 0.2) is 24.3 Å². The molecular weight excluding hydrogens is 266 g/mol. The number of ether oxygens (including phenoxy) is 1. The smallest absolute Gasteiger partial charge is 0.234 e. The standard InChI is InChI=1S/C17H23NO3/c1-12(2)5-3-4-10-21-14-8-6-13(7-9-14)15-11-16(19)18-17(15)20/h6-9,12,15H,3-5,10-11H2,1-2H3,(H,18,19,20). The second-order valence-electron chi connectivity index (χ2n) is 5.98. The lowest BCUT2D eigenvalue weighted by molar-refractivity contribution is -0.125. The number of nitrogens with one attached hydrogen (secondary N) is 1. The molecule has 114 valence electrons. The number of hydrogen-bond acceptors (Lipinski definition) is 3. The third-order valence-electron chi connectivity index (χ3n) is 3.70. The Balaban J connectivity index is 1.79. The molecule has 1 unspecified atom stereocenters. The zero-order valence-electron chi connectivity index (χ0n) is 12.7.